The van der Waals surface area contributed by atoms with Crippen molar-refractivity contribution in [2.45, 2.75) is 19.3 Å². The summed E-state index contributed by atoms with van der Waals surface area (Å²) in [5.74, 6) is 0. The number of aliphatic imine (C=N–C) groups is 1. The second-order valence-electron chi connectivity index (χ2n) is 6.26. The highest BCUT2D eigenvalue weighted by Crippen LogP contribution is 2.36. The Morgan fingerprint density at radius 1 is 0.542 bits per heavy atom. The van der Waals surface area contributed by atoms with Gasteiger partial charge in [-0.25, -0.2) is 0 Å². The van der Waals surface area contributed by atoms with E-state index in [1.807, 2.05) is 0 Å². The number of unbranched alkanes of at least 4 members (excludes halogenated alkanes) is 1. The maximum Gasteiger partial charge on any atom is 0.0731 e. The summed E-state index contributed by atoms with van der Waals surface area (Å²) in [5.41, 5.74) is 7.78. The van der Waals surface area contributed by atoms with Gasteiger partial charge in [-0.15, -0.1) is 0 Å². The van der Waals surface area contributed by atoms with Crippen molar-refractivity contribution in [3.63, 3.8) is 0 Å². The second kappa shape index (κ2) is 6.84. The summed E-state index contributed by atoms with van der Waals surface area (Å²) in [6, 6.07) is 27.9. The zero-order chi connectivity index (χ0) is 16.2. The van der Waals surface area contributed by atoms with Gasteiger partial charge in [-0.1, -0.05) is 78.9 Å². The molecule has 3 aromatic rings. The summed E-state index contributed by atoms with van der Waals surface area (Å²) in [4.78, 5) is 4.95. The lowest BCUT2D eigenvalue weighted by Gasteiger charge is -2.03. The Kier molecular flexibility index (Phi) is 4.24. The van der Waals surface area contributed by atoms with Gasteiger partial charge in [-0.2, -0.15) is 0 Å². The van der Waals surface area contributed by atoms with Gasteiger partial charge in [-0.05, 0) is 36.0 Å². The molecule has 24 heavy (non-hydrogen) atoms. The largest absolute Gasteiger partial charge is 0.284 e. The molecular formula is C23H21N. The fourth-order valence-electron chi connectivity index (χ4n) is 3.44. The van der Waals surface area contributed by atoms with E-state index in [-0.39, 0.29) is 0 Å². The zero-order valence-electron chi connectivity index (χ0n) is 13.8. The number of rotatable bonds is 5. The molecule has 0 aromatic heterocycles. The van der Waals surface area contributed by atoms with Crippen LogP contribution in [0.1, 0.15) is 29.5 Å². The molecule has 4 rings (SSSR count). The predicted octanol–water partition coefficient (Wildman–Crippen LogP) is 5.53. The Hall–Kier alpha value is -2.67. The molecule has 1 aliphatic carbocycles. The standard InChI is InChI=1S/C23H21N/c1-2-10-18(11-3-1)12-8-9-17-24-23-21-15-6-4-13-19(21)20-14-5-7-16-22(20)23/h1-7,10-11,13-16H,8-9,12,17H2. The maximum atomic E-state index is 4.95. The zero-order valence-corrected chi connectivity index (χ0v) is 13.8. The van der Waals surface area contributed by atoms with Crippen LogP contribution in [0.3, 0.4) is 0 Å². The Bertz CT molecular complexity index is 814. The number of hydrogen-bond acceptors (Lipinski definition) is 1. The summed E-state index contributed by atoms with van der Waals surface area (Å²) < 4.78 is 0. The van der Waals surface area contributed by atoms with Crippen molar-refractivity contribution in [3.05, 3.63) is 95.6 Å². The molecule has 0 fully saturated rings. The van der Waals surface area contributed by atoms with E-state index in [0.29, 0.717) is 0 Å². The van der Waals surface area contributed by atoms with Crippen molar-refractivity contribution in [1.29, 1.82) is 0 Å². The molecular weight excluding hydrogens is 290 g/mol. The van der Waals surface area contributed by atoms with Crippen molar-refractivity contribution >= 4 is 5.71 Å². The molecule has 0 bridgehead atoms. The highest BCUT2D eigenvalue weighted by Gasteiger charge is 2.23. The van der Waals surface area contributed by atoms with Crippen LogP contribution >= 0.6 is 0 Å². The molecule has 0 N–H and O–H groups in total. The first-order chi connectivity index (χ1) is 11.9. The minimum atomic E-state index is 0.894. The molecule has 0 amide bonds. The molecule has 0 heterocycles. The lowest BCUT2D eigenvalue weighted by molar-refractivity contribution is 0.746. The van der Waals surface area contributed by atoms with Crippen molar-refractivity contribution in [2.75, 3.05) is 6.54 Å². The fraction of sp³-hybridized carbons (Fsp3) is 0.174. The highest BCUT2D eigenvalue weighted by molar-refractivity contribution is 6.24. The van der Waals surface area contributed by atoms with Crippen molar-refractivity contribution in [1.82, 2.24) is 0 Å². The molecule has 3 aromatic carbocycles. The summed E-state index contributed by atoms with van der Waals surface area (Å²) in [6.45, 7) is 0.894. The third-order valence-corrected chi connectivity index (χ3v) is 4.64. The molecule has 0 unspecified atom stereocenters. The van der Waals surface area contributed by atoms with E-state index in [2.05, 4.69) is 78.9 Å². The van der Waals surface area contributed by atoms with Gasteiger partial charge < -0.3 is 0 Å². The number of fused-ring (bicyclic) bond motifs is 3. The molecule has 0 saturated carbocycles. The van der Waals surface area contributed by atoms with E-state index < -0.39 is 0 Å². The van der Waals surface area contributed by atoms with Gasteiger partial charge in [0.15, 0.2) is 0 Å². The van der Waals surface area contributed by atoms with Crippen LogP contribution in [-0.4, -0.2) is 12.3 Å². The minimum absolute atomic E-state index is 0.894. The van der Waals surface area contributed by atoms with Crippen LogP contribution in [0, 0.1) is 0 Å². The first kappa shape index (κ1) is 14.9. The Morgan fingerprint density at radius 3 is 1.71 bits per heavy atom. The monoisotopic (exact) mass is 311 g/mol. The van der Waals surface area contributed by atoms with E-state index in [0.717, 1.165) is 19.4 Å². The van der Waals surface area contributed by atoms with E-state index >= 15 is 0 Å². The van der Waals surface area contributed by atoms with E-state index in [1.54, 1.807) is 0 Å². The van der Waals surface area contributed by atoms with E-state index in [4.69, 9.17) is 4.99 Å². The Balaban J connectivity index is 1.47. The van der Waals surface area contributed by atoms with Gasteiger partial charge in [0.1, 0.15) is 0 Å². The summed E-state index contributed by atoms with van der Waals surface area (Å²) >= 11 is 0. The number of benzene rings is 3. The Morgan fingerprint density at radius 2 is 1.08 bits per heavy atom. The topological polar surface area (TPSA) is 12.4 Å². The first-order valence-corrected chi connectivity index (χ1v) is 8.71. The molecule has 1 aliphatic rings. The summed E-state index contributed by atoms with van der Waals surface area (Å²) in [6.07, 6.45) is 3.45. The van der Waals surface area contributed by atoms with Gasteiger partial charge in [0, 0.05) is 17.7 Å². The number of nitrogens with zero attached hydrogens (tertiary/aromatic N) is 1. The maximum absolute atomic E-state index is 4.95. The van der Waals surface area contributed by atoms with Crippen molar-refractivity contribution < 1.29 is 0 Å². The van der Waals surface area contributed by atoms with E-state index in [9.17, 15) is 0 Å². The number of aryl methyl sites for hydroxylation is 1. The average Bonchev–Trinajstić information content (AvgIpc) is 2.97. The van der Waals surface area contributed by atoms with E-state index in [1.165, 1.54) is 39.9 Å². The first-order valence-electron chi connectivity index (χ1n) is 8.71. The molecule has 0 radical (unpaired) electrons. The van der Waals surface area contributed by atoms with Crippen LogP contribution in [0.2, 0.25) is 0 Å². The highest BCUT2D eigenvalue weighted by atomic mass is 14.7. The van der Waals surface area contributed by atoms with Crippen molar-refractivity contribution in [2.24, 2.45) is 4.99 Å². The molecule has 118 valence electrons. The number of hydrogen-bond donors (Lipinski definition) is 0. The summed E-state index contributed by atoms with van der Waals surface area (Å²) in [5, 5.41) is 0. The van der Waals surface area contributed by atoms with Crippen LogP contribution < -0.4 is 0 Å². The molecule has 0 spiro atoms. The van der Waals surface area contributed by atoms with Crippen LogP contribution in [0.5, 0.6) is 0 Å². The van der Waals surface area contributed by atoms with Gasteiger partial charge in [0.2, 0.25) is 0 Å². The average molecular weight is 311 g/mol. The van der Waals surface area contributed by atoms with Gasteiger partial charge in [-0.3, -0.25) is 4.99 Å². The quantitative estimate of drug-likeness (QED) is 0.430. The van der Waals surface area contributed by atoms with Crippen LogP contribution in [0.15, 0.2) is 83.9 Å². The normalized spacial score (nSPS) is 11.9. The third-order valence-electron chi connectivity index (χ3n) is 4.64. The van der Waals surface area contributed by atoms with Crippen LogP contribution in [0.25, 0.3) is 11.1 Å². The molecule has 0 saturated heterocycles. The lowest BCUT2D eigenvalue weighted by Crippen LogP contribution is -2.00. The Labute approximate surface area is 143 Å². The molecule has 0 aliphatic heterocycles. The SMILES string of the molecule is c1ccc(CCCCN=C2c3ccccc3-c3ccccc32)cc1. The minimum Gasteiger partial charge on any atom is -0.284 e. The van der Waals surface area contributed by atoms with Crippen molar-refractivity contribution in [3.8, 4) is 11.1 Å². The summed E-state index contributed by atoms with van der Waals surface area (Å²) in [7, 11) is 0. The second-order valence-corrected chi connectivity index (χ2v) is 6.26. The fourth-order valence-corrected chi connectivity index (χ4v) is 3.44. The van der Waals surface area contributed by atoms with Gasteiger partial charge in [0.25, 0.3) is 0 Å². The lowest BCUT2D eigenvalue weighted by atomic mass is 10.1. The smallest absolute Gasteiger partial charge is 0.0731 e. The predicted molar refractivity (Wildman–Crippen MR) is 102 cm³/mol. The third kappa shape index (κ3) is 2.90. The van der Waals surface area contributed by atoms with Crippen LogP contribution in [-0.2, 0) is 6.42 Å². The van der Waals surface area contributed by atoms with Gasteiger partial charge >= 0.3 is 0 Å². The molecule has 0 atom stereocenters. The van der Waals surface area contributed by atoms with Crippen LogP contribution in [0.4, 0.5) is 0 Å². The molecule has 1 nitrogen and oxygen atoms in total. The molecule has 1 heteroatoms. The van der Waals surface area contributed by atoms with Gasteiger partial charge in [0.05, 0.1) is 5.71 Å².